The molecule has 5 nitrogen and oxygen atoms in total. The van der Waals surface area contributed by atoms with E-state index in [9.17, 15) is 17.6 Å². The number of carbonyl (C=O) groups is 1. The van der Waals surface area contributed by atoms with Gasteiger partial charge in [-0.2, -0.15) is 4.31 Å². The standard InChI is InChI=1S/C9H8FNO4S/c1-11-4-5-2-7(10)6(9(12)13)3-8(5)16(11,14)15/h2-3H,4H2,1H3,(H,12,13). The fourth-order valence-electron chi connectivity index (χ4n) is 1.61. The topological polar surface area (TPSA) is 74.7 Å². The van der Waals surface area contributed by atoms with E-state index in [1.807, 2.05) is 0 Å². The van der Waals surface area contributed by atoms with Gasteiger partial charge in [0, 0.05) is 13.6 Å². The van der Waals surface area contributed by atoms with E-state index >= 15 is 0 Å². The van der Waals surface area contributed by atoms with E-state index in [4.69, 9.17) is 5.11 Å². The van der Waals surface area contributed by atoms with Gasteiger partial charge >= 0.3 is 5.97 Å². The van der Waals surface area contributed by atoms with E-state index in [1.54, 1.807) is 0 Å². The molecule has 1 aromatic carbocycles. The van der Waals surface area contributed by atoms with Crippen molar-refractivity contribution < 1.29 is 22.7 Å². The highest BCUT2D eigenvalue weighted by atomic mass is 32.2. The first-order valence-corrected chi connectivity index (χ1v) is 5.80. The molecule has 0 spiro atoms. The van der Waals surface area contributed by atoms with Crippen molar-refractivity contribution in [3.8, 4) is 0 Å². The third kappa shape index (κ3) is 1.40. The summed E-state index contributed by atoms with van der Waals surface area (Å²) >= 11 is 0. The van der Waals surface area contributed by atoms with Crippen molar-refractivity contribution >= 4 is 16.0 Å². The molecule has 1 aromatic rings. The molecule has 1 aliphatic heterocycles. The maximum Gasteiger partial charge on any atom is 0.338 e. The normalized spacial score (nSPS) is 18.4. The van der Waals surface area contributed by atoms with Crippen molar-refractivity contribution in [3.63, 3.8) is 0 Å². The predicted molar refractivity (Wildman–Crippen MR) is 52.0 cm³/mol. The average molecular weight is 245 g/mol. The second-order valence-electron chi connectivity index (χ2n) is 3.51. The summed E-state index contributed by atoms with van der Waals surface area (Å²) in [6.07, 6.45) is 0. The molecule has 0 fully saturated rings. The molecule has 1 heterocycles. The highest BCUT2D eigenvalue weighted by Crippen LogP contribution is 2.30. The van der Waals surface area contributed by atoms with Gasteiger partial charge in [0.15, 0.2) is 0 Å². The van der Waals surface area contributed by atoms with Gasteiger partial charge in [0.25, 0.3) is 0 Å². The van der Waals surface area contributed by atoms with Crippen LogP contribution in [0.2, 0.25) is 0 Å². The van der Waals surface area contributed by atoms with Crippen molar-refractivity contribution in [2.24, 2.45) is 0 Å². The minimum absolute atomic E-state index is 0.0640. The Labute approximate surface area is 91.2 Å². The monoisotopic (exact) mass is 245 g/mol. The Morgan fingerprint density at radius 2 is 2.12 bits per heavy atom. The number of carboxylic acid groups (broad SMARTS) is 1. The van der Waals surface area contributed by atoms with Crippen molar-refractivity contribution in [2.45, 2.75) is 11.4 Å². The first-order chi connectivity index (χ1) is 7.34. The zero-order valence-electron chi connectivity index (χ0n) is 8.27. The van der Waals surface area contributed by atoms with Crippen molar-refractivity contribution in [1.82, 2.24) is 4.31 Å². The second kappa shape index (κ2) is 3.26. The summed E-state index contributed by atoms with van der Waals surface area (Å²) in [6, 6.07) is 1.83. The Kier molecular flexibility index (Phi) is 2.25. The molecule has 0 radical (unpaired) electrons. The molecule has 0 aromatic heterocycles. The summed E-state index contributed by atoms with van der Waals surface area (Å²) in [6.45, 7) is 0.0640. The lowest BCUT2D eigenvalue weighted by Crippen LogP contribution is -2.18. The molecule has 0 amide bonds. The molecule has 1 aliphatic rings. The van der Waals surface area contributed by atoms with Crippen LogP contribution in [0.5, 0.6) is 0 Å². The number of aromatic carboxylic acids is 1. The van der Waals surface area contributed by atoms with E-state index in [2.05, 4.69) is 0 Å². The van der Waals surface area contributed by atoms with Crippen LogP contribution in [-0.2, 0) is 16.6 Å². The largest absolute Gasteiger partial charge is 0.478 e. The number of hydrogen-bond acceptors (Lipinski definition) is 3. The number of carboxylic acids is 1. The lowest BCUT2D eigenvalue weighted by molar-refractivity contribution is 0.0691. The lowest BCUT2D eigenvalue weighted by atomic mass is 10.1. The fourth-order valence-corrected chi connectivity index (χ4v) is 2.98. The van der Waals surface area contributed by atoms with Crippen LogP contribution in [0.1, 0.15) is 15.9 Å². The summed E-state index contributed by atoms with van der Waals surface area (Å²) in [5.41, 5.74) is -0.345. The summed E-state index contributed by atoms with van der Waals surface area (Å²) < 4.78 is 37.7. The third-order valence-electron chi connectivity index (χ3n) is 2.46. The molecular weight excluding hydrogens is 237 g/mol. The van der Waals surface area contributed by atoms with E-state index < -0.39 is 27.4 Å². The Balaban J connectivity index is 2.73. The van der Waals surface area contributed by atoms with E-state index in [-0.39, 0.29) is 17.0 Å². The molecule has 7 heteroatoms. The van der Waals surface area contributed by atoms with E-state index in [0.29, 0.717) is 0 Å². The molecule has 16 heavy (non-hydrogen) atoms. The van der Waals surface area contributed by atoms with Crippen molar-refractivity contribution in [3.05, 3.63) is 29.1 Å². The summed E-state index contributed by atoms with van der Waals surface area (Å²) in [7, 11) is -2.30. The summed E-state index contributed by atoms with van der Waals surface area (Å²) in [5, 5.41) is 8.68. The first-order valence-electron chi connectivity index (χ1n) is 4.36. The van der Waals surface area contributed by atoms with Crippen LogP contribution in [-0.4, -0.2) is 30.8 Å². The van der Waals surface area contributed by atoms with Gasteiger partial charge in [0.1, 0.15) is 5.82 Å². The number of halogens is 1. The van der Waals surface area contributed by atoms with Crippen LogP contribution in [0.15, 0.2) is 17.0 Å². The molecule has 0 aliphatic carbocycles. The van der Waals surface area contributed by atoms with Gasteiger partial charge in [-0.25, -0.2) is 17.6 Å². The number of hydrogen-bond donors (Lipinski definition) is 1. The first kappa shape index (κ1) is 11.0. The van der Waals surface area contributed by atoms with Crippen LogP contribution in [0.25, 0.3) is 0 Å². The predicted octanol–water partition coefficient (Wildman–Crippen LogP) is 0.658. The van der Waals surface area contributed by atoms with E-state index in [0.717, 1.165) is 16.4 Å². The number of rotatable bonds is 1. The molecule has 0 atom stereocenters. The Morgan fingerprint density at radius 3 is 2.69 bits per heavy atom. The lowest BCUT2D eigenvalue weighted by Gasteiger charge is -2.05. The molecular formula is C9H8FNO4S. The number of fused-ring (bicyclic) bond motifs is 1. The highest BCUT2D eigenvalue weighted by Gasteiger charge is 2.33. The molecule has 0 unspecified atom stereocenters. The smallest absolute Gasteiger partial charge is 0.338 e. The van der Waals surface area contributed by atoms with Gasteiger partial charge in [-0.3, -0.25) is 0 Å². The van der Waals surface area contributed by atoms with Gasteiger partial charge in [-0.15, -0.1) is 0 Å². The number of nitrogens with zero attached hydrogens (tertiary/aromatic N) is 1. The quantitative estimate of drug-likeness (QED) is 0.788. The zero-order chi connectivity index (χ0) is 12.1. The maximum atomic E-state index is 13.3. The highest BCUT2D eigenvalue weighted by molar-refractivity contribution is 7.89. The molecule has 1 N–H and O–H groups in total. The van der Waals surface area contributed by atoms with Crippen LogP contribution < -0.4 is 0 Å². The van der Waals surface area contributed by atoms with E-state index in [1.165, 1.54) is 7.05 Å². The Bertz CT molecular complexity index is 581. The van der Waals surface area contributed by atoms with Crippen molar-refractivity contribution in [2.75, 3.05) is 7.05 Å². The number of sulfonamides is 1. The average Bonchev–Trinajstić information content (AvgIpc) is 2.36. The summed E-state index contributed by atoms with van der Waals surface area (Å²) in [4.78, 5) is 10.5. The Hall–Kier alpha value is -1.47. The van der Waals surface area contributed by atoms with Gasteiger partial charge in [0.05, 0.1) is 10.5 Å². The van der Waals surface area contributed by atoms with Crippen LogP contribution in [0.3, 0.4) is 0 Å². The van der Waals surface area contributed by atoms with Gasteiger partial charge < -0.3 is 5.11 Å². The maximum absolute atomic E-state index is 13.3. The minimum Gasteiger partial charge on any atom is -0.478 e. The molecule has 86 valence electrons. The van der Waals surface area contributed by atoms with Crippen LogP contribution >= 0.6 is 0 Å². The van der Waals surface area contributed by atoms with Gasteiger partial charge in [-0.1, -0.05) is 0 Å². The van der Waals surface area contributed by atoms with Gasteiger partial charge in [-0.05, 0) is 17.7 Å². The number of benzene rings is 1. The molecule has 2 rings (SSSR count). The molecule has 0 saturated carbocycles. The minimum atomic E-state index is -3.65. The molecule has 0 bridgehead atoms. The van der Waals surface area contributed by atoms with Crippen molar-refractivity contribution in [1.29, 1.82) is 0 Å². The van der Waals surface area contributed by atoms with Crippen LogP contribution in [0, 0.1) is 5.82 Å². The summed E-state index contributed by atoms with van der Waals surface area (Å²) in [5.74, 6) is -2.40. The van der Waals surface area contributed by atoms with Gasteiger partial charge in [0.2, 0.25) is 10.0 Å². The van der Waals surface area contributed by atoms with Crippen LogP contribution in [0.4, 0.5) is 4.39 Å². The third-order valence-corrected chi connectivity index (χ3v) is 4.35. The Morgan fingerprint density at radius 1 is 1.50 bits per heavy atom. The second-order valence-corrected chi connectivity index (χ2v) is 5.52. The fraction of sp³-hybridized carbons (Fsp3) is 0.222. The SMILES string of the molecule is CN1Cc2cc(F)c(C(=O)O)cc2S1(=O)=O. The zero-order valence-corrected chi connectivity index (χ0v) is 9.08. The molecule has 0 saturated heterocycles.